The van der Waals surface area contributed by atoms with E-state index in [4.69, 9.17) is 5.26 Å². The highest BCUT2D eigenvalue weighted by Crippen LogP contribution is 2.31. The molecule has 1 aliphatic carbocycles. The molecule has 0 amide bonds. The molecule has 0 spiro atoms. The number of nitrogens with zero attached hydrogens (tertiary/aromatic N) is 1. The van der Waals surface area contributed by atoms with Crippen molar-refractivity contribution in [3.8, 4) is 6.07 Å². The van der Waals surface area contributed by atoms with Crippen LogP contribution in [-0.4, -0.2) is 25.6 Å². The second-order valence-corrected chi connectivity index (χ2v) is 6.92. The number of nitriles is 1. The van der Waals surface area contributed by atoms with Gasteiger partial charge in [-0.25, -0.2) is 8.42 Å². The van der Waals surface area contributed by atoms with Crippen molar-refractivity contribution < 1.29 is 21.6 Å². The zero-order valence-corrected chi connectivity index (χ0v) is 10.7. The highest BCUT2D eigenvalue weighted by molar-refractivity contribution is 7.92. The van der Waals surface area contributed by atoms with Gasteiger partial charge in [-0.3, -0.25) is 0 Å². The molecule has 104 valence electrons. The van der Waals surface area contributed by atoms with E-state index >= 15 is 0 Å². The molecule has 1 saturated carbocycles. The Morgan fingerprint density at radius 2 is 1.78 bits per heavy atom. The van der Waals surface area contributed by atoms with Gasteiger partial charge >= 0.3 is 6.18 Å². The lowest BCUT2D eigenvalue weighted by molar-refractivity contribution is -0.129. The van der Waals surface area contributed by atoms with Crippen LogP contribution in [0.4, 0.5) is 13.2 Å². The molecule has 0 N–H and O–H groups in total. The fraction of sp³-hybridized carbons (Fsp3) is 0.909. The number of halogens is 3. The highest BCUT2D eigenvalue weighted by atomic mass is 32.2. The van der Waals surface area contributed by atoms with Crippen LogP contribution in [0.2, 0.25) is 0 Å². The molecule has 0 aliphatic heterocycles. The molecule has 0 radical (unpaired) electrons. The molecular weight excluding hydrogens is 267 g/mol. The van der Waals surface area contributed by atoms with Crippen molar-refractivity contribution in [3.05, 3.63) is 0 Å². The predicted octanol–water partition coefficient (Wildman–Crippen LogP) is 2.83. The molecule has 1 aliphatic rings. The smallest absolute Gasteiger partial charge is 0.227 e. The van der Waals surface area contributed by atoms with Gasteiger partial charge in [0, 0.05) is 0 Å². The minimum absolute atomic E-state index is 0.304. The summed E-state index contributed by atoms with van der Waals surface area (Å²) in [6, 6.07) is 1.69. The highest BCUT2D eigenvalue weighted by Gasteiger charge is 2.37. The van der Waals surface area contributed by atoms with Crippen LogP contribution in [-0.2, 0) is 9.84 Å². The molecule has 0 heterocycles. The van der Waals surface area contributed by atoms with E-state index in [2.05, 4.69) is 0 Å². The van der Waals surface area contributed by atoms with Crippen molar-refractivity contribution in [2.24, 2.45) is 5.92 Å². The van der Waals surface area contributed by atoms with Crippen LogP contribution in [0, 0.1) is 17.2 Å². The Bertz CT molecular complexity index is 405. The molecule has 0 aromatic heterocycles. The Morgan fingerprint density at radius 3 is 2.22 bits per heavy atom. The third kappa shape index (κ3) is 4.48. The van der Waals surface area contributed by atoms with Gasteiger partial charge in [0.1, 0.15) is 0 Å². The van der Waals surface area contributed by atoms with Crippen molar-refractivity contribution in [2.75, 3.05) is 5.75 Å². The molecular formula is C11H16F3NO2S. The SMILES string of the molecule is N#CC(C1CCCCC1)S(=O)(=O)CCC(F)(F)F. The fourth-order valence-corrected chi connectivity index (χ4v) is 4.09. The van der Waals surface area contributed by atoms with Gasteiger partial charge in [-0.2, -0.15) is 18.4 Å². The quantitative estimate of drug-likeness (QED) is 0.797. The van der Waals surface area contributed by atoms with E-state index in [1.54, 1.807) is 6.07 Å². The van der Waals surface area contributed by atoms with Crippen LogP contribution in [0.1, 0.15) is 38.5 Å². The Kier molecular flexibility index (Phi) is 5.02. The topological polar surface area (TPSA) is 57.9 Å². The van der Waals surface area contributed by atoms with Gasteiger partial charge in [0.15, 0.2) is 15.1 Å². The van der Waals surface area contributed by atoms with Gasteiger partial charge < -0.3 is 0 Å². The first-order valence-electron chi connectivity index (χ1n) is 5.94. The maximum absolute atomic E-state index is 12.0. The summed E-state index contributed by atoms with van der Waals surface area (Å²) >= 11 is 0. The van der Waals surface area contributed by atoms with Crippen molar-refractivity contribution >= 4 is 9.84 Å². The molecule has 0 aromatic carbocycles. The first-order chi connectivity index (χ1) is 8.26. The summed E-state index contributed by atoms with van der Waals surface area (Å²) in [5, 5.41) is 7.66. The lowest BCUT2D eigenvalue weighted by Gasteiger charge is -2.25. The molecule has 7 heteroatoms. The minimum Gasteiger partial charge on any atom is -0.227 e. The van der Waals surface area contributed by atoms with Crippen molar-refractivity contribution in [2.45, 2.75) is 50.0 Å². The largest absolute Gasteiger partial charge is 0.390 e. The van der Waals surface area contributed by atoms with Gasteiger partial charge in [-0.05, 0) is 18.8 Å². The maximum atomic E-state index is 12.0. The monoisotopic (exact) mass is 283 g/mol. The van der Waals surface area contributed by atoms with Crippen molar-refractivity contribution in [1.29, 1.82) is 5.26 Å². The Hall–Kier alpha value is -0.770. The third-order valence-corrected chi connectivity index (χ3v) is 5.30. The molecule has 1 rings (SSSR count). The normalized spacial score (nSPS) is 20.3. The number of hydrogen-bond donors (Lipinski definition) is 0. The van der Waals surface area contributed by atoms with Crippen molar-refractivity contribution in [1.82, 2.24) is 0 Å². The van der Waals surface area contributed by atoms with Crippen LogP contribution in [0.25, 0.3) is 0 Å². The number of alkyl halides is 3. The van der Waals surface area contributed by atoms with Gasteiger partial charge in [-0.1, -0.05) is 19.3 Å². The molecule has 0 bridgehead atoms. The summed E-state index contributed by atoms with van der Waals surface area (Å²) in [6.07, 6.45) is -1.96. The first kappa shape index (κ1) is 15.3. The second-order valence-electron chi connectivity index (χ2n) is 4.68. The van der Waals surface area contributed by atoms with Gasteiger partial charge in [0.05, 0.1) is 18.2 Å². The van der Waals surface area contributed by atoms with Crippen LogP contribution in [0.15, 0.2) is 0 Å². The molecule has 3 nitrogen and oxygen atoms in total. The van der Waals surface area contributed by atoms with Crippen LogP contribution in [0.3, 0.4) is 0 Å². The Labute approximate surface area is 105 Å². The fourth-order valence-electron chi connectivity index (χ4n) is 2.30. The molecule has 0 aromatic rings. The molecule has 18 heavy (non-hydrogen) atoms. The Balaban J connectivity index is 2.71. The van der Waals surface area contributed by atoms with Gasteiger partial charge in [0.2, 0.25) is 0 Å². The standard InChI is InChI=1S/C11H16F3NO2S/c12-11(13,14)6-7-18(16,17)10(8-15)9-4-2-1-3-5-9/h9-10H,1-7H2. The van der Waals surface area contributed by atoms with E-state index in [0.29, 0.717) is 12.8 Å². The summed E-state index contributed by atoms with van der Waals surface area (Å²) in [4.78, 5) is 0. The summed E-state index contributed by atoms with van der Waals surface area (Å²) < 4.78 is 59.7. The minimum atomic E-state index is -4.50. The zero-order chi connectivity index (χ0) is 13.8. The van der Waals surface area contributed by atoms with E-state index in [1.165, 1.54) is 0 Å². The summed E-state index contributed by atoms with van der Waals surface area (Å²) in [7, 11) is -3.99. The molecule has 0 saturated heterocycles. The molecule has 1 atom stereocenters. The maximum Gasteiger partial charge on any atom is 0.390 e. The Morgan fingerprint density at radius 1 is 1.22 bits per heavy atom. The van der Waals surface area contributed by atoms with Crippen LogP contribution in [0.5, 0.6) is 0 Å². The summed E-state index contributed by atoms with van der Waals surface area (Å²) in [5.74, 6) is -1.28. The zero-order valence-electron chi connectivity index (χ0n) is 9.91. The van der Waals surface area contributed by atoms with Gasteiger partial charge in [0.25, 0.3) is 0 Å². The third-order valence-electron chi connectivity index (χ3n) is 3.26. The van der Waals surface area contributed by atoms with E-state index in [0.717, 1.165) is 19.3 Å². The number of hydrogen-bond acceptors (Lipinski definition) is 3. The van der Waals surface area contributed by atoms with E-state index in [9.17, 15) is 21.6 Å². The van der Waals surface area contributed by atoms with Crippen molar-refractivity contribution in [3.63, 3.8) is 0 Å². The second kappa shape index (κ2) is 5.91. The summed E-state index contributed by atoms with van der Waals surface area (Å²) in [5.41, 5.74) is 0. The van der Waals surface area contributed by atoms with E-state index in [-0.39, 0.29) is 5.92 Å². The van der Waals surface area contributed by atoms with Gasteiger partial charge in [-0.15, -0.1) is 0 Å². The van der Waals surface area contributed by atoms with Crippen LogP contribution >= 0.6 is 0 Å². The lowest BCUT2D eigenvalue weighted by atomic mass is 9.87. The first-order valence-corrected chi connectivity index (χ1v) is 7.66. The average molecular weight is 283 g/mol. The molecule has 1 unspecified atom stereocenters. The number of sulfone groups is 1. The number of rotatable bonds is 4. The lowest BCUT2D eigenvalue weighted by Crippen LogP contribution is -2.33. The predicted molar refractivity (Wildman–Crippen MR) is 60.4 cm³/mol. The van der Waals surface area contributed by atoms with E-state index in [1.807, 2.05) is 0 Å². The average Bonchev–Trinajstić information content (AvgIpc) is 2.28. The van der Waals surface area contributed by atoms with Crippen LogP contribution < -0.4 is 0 Å². The molecule has 1 fully saturated rings. The summed E-state index contributed by atoms with van der Waals surface area (Å²) in [6.45, 7) is 0. The van der Waals surface area contributed by atoms with E-state index < -0.39 is 33.4 Å².